The van der Waals surface area contributed by atoms with E-state index in [1.165, 1.54) is 0 Å². The van der Waals surface area contributed by atoms with Crippen LogP contribution in [0.4, 0.5) is 5.69 Å². The number of aromatic nitrogens is 2. The van der Waals surface area contributed by atoms with Gasteiger partial charge in [0, 0.05) is 23.6 Å². The molecule has 0 spiro atoms. The van der Waals surface area contributed by atoms with Gasteiger partial charge in [-0.3, -0.25) is 4.79 Å². The van der Waals surface area contributed by atoms with Crippen molar-refractivity contribution in [2.75, 3.05) is 5.32 Å². The summed E-state index contributed by atoms with van der Waals surface area (Å²) in [5, 5.41) is 6.87. The van der Waals surface area contributed by atoms with Gasteiger partial charge in [-0.15, -0.1) is 0 Å². The van der Waals surface area contributed by atoms with Crippen molar-refractivity contribution in [3.63, 3.8) is 0 Å². The maximum atomic E-state index is 11.4. The Bertz CT molecular complexity index is 547. The standard InChI is InChI=1S/C11H10N4O/c12-10-8-3-2-7(15-5-1-4-13-15)6-9(8)14-11(10)16/h1-6,10H,12H2,(H,14,16). The molecule has 0 aliphatic carbocycles. The van der Waals surface area contributed by atoms with Crippen LogP contribution in [0.3, 0.4) is 0 Å². The van der Waals surface area contributed by atoms with E-state index < -0.39 is 6.04 Å². The van der Waals surface area contributed by atoms with Crippen molar-refractivity contribution in [3.8, 4) is 5.69 Å². The van der Waals surface area contributed by atoms with E-state index in [2.05, 4.69) is 10.4 Å². The van der Waals surface area contributed by atoms with Gasteiger partial charge in [0.1, 0.15) is 6.04 Å². The predicted octanol–water partition coefficient (Wildman–Crippen LogP) is 0.824. The highest BCUT2D eigenvalue weighted by molar-refractivity contribution is 6.02. The number of anilines is 1. The Labute approximate surface area is 91.9 Å². The molecule has 3 N–H and O–H groups in total. The molecule has 1 aliphatic rings. The molecule has 1 aromatic carbocycles. The van der Waals surface area contributed by atoms with E-state index in [0.29, 0.717) is 0 Å². The maximum absolute atomic E-state index is 11.4. The van der Waals surface area contributed by atoms with Crippen LogP contribution in [0.15, 0.2) is 36.7 Å². The number of hydrogen-bond donors (Lipinski definition) is 2. The molecule has 1 unspecified atom stereocenters. The minimum Gasteiger partial charge on any atom is -0.324 e. The maximum Gasteiger partial charge on any atom is 0.245 e. The normalized spacial score (nSPS) is 18.3. The summed E-state index contributed by atoms with van der Waals surface area (Å²) in [6, 6.07) is 6.91. The van der Waals surface area contributed by atoms with Gasteiger partial charge in [-0.05, 0) is 18.2 Å². The Morgan fingerprint density at radius 2 is 2.31 bits per heavy atom. The largest absolute Gasteiger partial charge is 0.324 e. The zero-order valence-electron chi connectivity index (χ0n) is 8.42. The summed E-state index contributed by atoms with van der Waals surface area (Å²) in [7, 11) is 0. The SMILES string of the molecule is NC1C(=O)Nc2cc(-n3cccn3)ccc21. The van der Waals surface area contributed by atoms with Crippen molar-refractivity contribution >= 4 is 11.6 Å². The van der Waals surface area contributed by atoms with Crippen molar-refractivity contribution in [1.29, 1.82) is 0 Å². The molecule has 1 amide bonds. The molecular formula is C11H10N4O. The molecule has 2 aromatic rings. The van der Waals surface area contributed by atoms with Gasteiger partial charge >= 0.3 is 0 Å². The van der Waals surface area contributed by atoms with Crippen LogP contribution in [0, 0.1) is 0 Å². The van der Waals surface area contributed by atoms with Gasteiger partial charge in [0.25, 0.3) is 0 Å². The van der Waals surface area contributed by atoms with Crippen molar-refractivity contribution in [1.82, 2.24) is 9.78 Å². The second-order valence-electron chi connectivity index (χ2n) is 3.69. The Hall–Kier alpha value is -2.14. The summed E-state index contributed by atoms with van der Waals surface area (Å²) in [5.74, 6) is -0.160. The first kappa shape index (κ1) is 9.11. The van der Waals surface area contributed by atoms with Crippen molar-refractivity contribution in [2.45, 2.75) is 6.04 Å². The molecule has 80 valence electrons. The van der Waals surface area contributed by atoms with Crippen molar-refractivity contribution in [2.24, 2.45) is 5.73 Å². The number of nitrogens with zero attached hydrogens (tertiary/aromatic N) is 2. The van der Waals surface area contributed by atoms with Crippen molar-refractivity contribution < 1.29 is 4.79 Å². The second kappa shape index (κ2) is 3.18. The van der Waals surface area contributed by atoms with E-state index in [0.717, 1.165) is 16.9 Å². The van der Waals surface area contributed by atoms with Crippen LogP contribution in [0.1, 0.15) is 11.6 Å². The number of carbonyl (C=O) groups is 1. The third kappa shape index (κ3) is 1.22. The van der Waals surface area contributed by atoms with Crippen LogP contribution in [-0.4, -0.2) is 15.7 Å². The summed E-state index contributed by atoms with van der Waals surface area (Å²) in [5.41, 5.74) is 8.23. The van der Waals surface area contributed by atoms with Gasteiger partial charge in [-0.25, -0.2) is 4.68 Å². The van der Waals surface area contributed by atoms with Crippen molar-refractivity contribution in [3.05, 3.63) is 42.2 Å². The van der Waals surface area contributed by atoms with Gasteiger partial charge in [-0.2, -0.15) is 5.10 Å². The Balaban J connectivity index is 2.08. The van der Waals surface area contributed by atoms with Crippen LogP contribution in [0.2, 0.25) is 0 Å². The number of carbonyl (C=O) groups excluding carboxylic acids is 1. The molecule has 5 nitrogen and oxygen atoms in total. The van der Waals surface area contributed by atoms with Crippen LogP contribution >= 0.6 is 0 Å². The van der Waals surface area contributed by atoms with Gasteiger partial charge in [0.15, 0.2) is 0 Å². The molecule has 16 heavy (non-hydrogen) atoms. The highest BCUT2D eigenvalue weighted by Gasteiger charge is 2.27. The lowest BCUT2D eigenvalue weighted by molar-refractivity contribution is -0.116. The number of nitrogens with one attached hydrogen (secondary N) is 1. The van der Waals surface area contributed by atoms with Gasteiger partial charge in [0.2, 0.25) is 5.91 Å². The molecule has 0 saturated heterocycles. The summed E-state index contributed by atoms with van der Waals surface area (Å²) < 4.78 is 1.73. The predicted molar refractivity (Wildman–Crippen MR) is 59.1 cm³/mol. The fourth-order valence-corrected chi connectivity index (χ4v) is 1.84. The molecule has 0 fully saturated rings. The van der Waals surface area contributed by atoms with Crippen LogP contribution < -0.4 is 11.1 Å². The number of amides is 1. The fourth-order valence-electron chi connectivity index (χ4n) is 1.84. The quantitative estimate of drug-likeness (QED) is 0.738. The highest BCUT2D eigenvalue weighted by Crippen LogP contribution is 2.30. The summed E-state index contributed by atoms with van der Waals surface area (Å²) in [4.78, 5) is 11.4. The first-order chi connectivity index (χ1) is 7.75. The van der Waals surface area contributed by atoms with Gasteiger partial charge in [0.05, 0.1) is 5.69 Å². The molecule has 3 rings (SSSR count). The lowest BCUT2D eigenvalue weighted by Crippen LogP contribution is -2.19. The fraction of sp³-hybridized carbons (Fsp3) is 0.0909. The molecule has 2 heterocycles. The average Bonchev–Trinajstić information content (AvgIpc) is 2.88. The Morgan fingerprint density at radius 1 is 1.44 bits per heavy atom. The lowest BCUT2D eigenvalue weighted by atomic mass is 10.1. The summed E-state index contributed by atoms with van der Waals surface area (Å²) in [6.07, 6.45) is 3.55. The number of hydrogen-bond acceptors (Lipinski definition) is 3. The minimum absolute atomic E-state index is 0.160. The molecule has 5 heteroatoms. The Kier molecular flexibility index (Phi) is 1.81. The number of benzene rings is 1. The number of rotatable bonds is 1. The van der Waals surface area contributed by atoms with E-state index in [4.69, 9.17) is 5.73 Å². The van der Waals surface area contributed by atoms with Crippen LogP contribution in [-0.2, 0) is 4.79 Å². The molecule has 1 atom stereocenters. The second-order valence-corrected chi connectivity index (χ2v) is 3.69. The third-order valence-corrected chi connectivity index (χ3v) is 2.68. The topological polar surface area (TPSA) is 72.9 Å². The van der Waals surface area contributed by atoms with Crippen LogP contribution in [0.25, 0.3) is 5.69 Å². The van der Waals surface area contributed by atoms with E-state index in [9.17, 15) is 4.79 Å². The minimum atomic E-state index is -0.554. The third-order valence-electron chi connectivity index (χ3n) is 2.68. The Morgan fingerprint density at radius 3 is 3.06 bits per heavy atom. The van der Waals surface area contributed by atoms with E-state index >= 15 is 0 Å². The van der Waals surface area contributed by atoms with E-state index in [1.54, 1.807) is 10.9 Å². The summed E-state index contributed by atoms with van der Waals surface area (Å²) >= 11 is 0. The summed E-state index contributed by atoms with van der Waals surface area (Å²) in [6.45, 7) is 0. The average molecular weight is 214 g/mol. The van der Waals surface area contributed by atoms with E-state index in [-0.39, 0.29) is 5.91 Å². The molecule has 0 bridgehead atoms. The molecule has 1 aromatic heterocycles. The van der Waals surface area contributed by atoms with Gasteiger partial charge in [-0.1, -0.05) is 6.07 Å². The molecule has 1 aliphatic heterocycles. The molecular weight excluding hydrogens is 204 g/mol. The number of nitrogens with two attached hydrogens (primary N) is 1. The van der Waals surface area contributed by atoms with Gasteiger partial charge < -0.3 is 11.1 Å². The number of fused-ring (bicyclic) bond motifs is 1. The molecule has 0 saturated carbocycles. The van der Waals surface area contributed by atoms with Crippen LogP contribution in [0.5, 0.6) is 0 Å². The zero-order chi connectivity index (χ0) is 11.1. The lowest BCUT2D eigenvalue weighted by Gasteiger charge is -2.05. The smallest absolute Gasteiger partial charge is 0.245 e. The molecule has 0 radical (unpaired) electrons. The highest BCUT2D eigenvalue weighted by atomic mass is 16.2. The first-order valence-electron chi connectivity index (χ1n) is 4.96. The monoisotopic (exact) mass is 214 g/mol. The zero-order valence-corrected chi connectivity index (χ0v) is 8.42. The van der Waals surface area contributed by atoms with E-state index in [1.807, 2.05) is 30.5 Å². The first-order valence-corrected chi connectivity index (χ1v) is 4.96.